The highest BCUT2D eigenvalue weighted by atomic mass is 35.5. The van der Waals surface area contributed by atoms with Crippen molar-refractivity contribution in [2.24, 2.45) is 0 Å². The molecule has 0 spiro atoms. The van der Waals surface area contributed by atoms with Gasteiger partial charge in [0.1, 0.15) is 17.3 Å². The number of hydrogen-bond donors (Lipinski definition) is 4. The first-order chi connectivity index (χ1) is 17.2. The molecule has 0 bridgehead atoms. The van der Waals surface area contributed by atoms with Crippen molar-refractivity contribution in [1.82, 2.24) is 5.32 Å². The fourth-order valence-corrected chi connectivity index (χ4v) is 5.48. The number of rotatable bonds is 8. The lowest BCUT2D eigenvalue weighted by Gasteiger charge is -2.56. The Hall–Kier alpha value is -2.74. The summed E-state index contributed by atoms with van der Waals surface area (Å²) in [5.74, 6) is -0.444. The summed E-state index contributed by atoms with van der Waals surface area (Å²) in [5, 5.41) is 38.4. The molecule has 1 heterocycles. The number of nitrogens with one attached hydrogen (secondary N) is 1. The van der Waals surface area contributed by atoms with Crippen molar-refractivity contribution in [3.63, 3.8) is 0 Å². The molecule has 1 aliphatic heterocycles. The van der Waals surface area contributed by atoms with E-state index >= 15 is 0 Å². The molecule has 3 aromatic rings. The molecule has 1 saturated heterocycles. The molecular formula is C29H32ClNO5. The van der Waals surface area contributed by atoms with Crippen molar-refractivity contribution < 1.29 is 24.9 Å². The first kappa shape index (κ1) is 26.3. The number of aliphatic hydroxyl groups is 3. The summed E-state index contributed by atoms with van der Waals surface area (Å²) >= 11 is 6.68. The molecule has 1 amide bonds. The van der Waals surface area contributed by atoms with E-state index in [0.717, 1.165) is 16.7 Å². The number of halogens is 1. The molecule has 0 saturated carbocycles. The van der Waals surface area contributed by atoms with Crippen LogP contribution < -0.4 is 5.32 Å². The number of alkyl halides is 1. The zero-order valence-corrected chi connectivity index (χ0v) is 20.9. The van der Waals surface area contributed by atoms with Crippen molar-refractivity contribution in [1.29, 1.82) is 0 Å². The molecule has 1 fully saturated rings. The van der Waals surface area contributed by atoms with E-state index in [-0.39, 0.29) is 19.3 Å². The van der Waals surface area contributed by atoms with Crippen LogP contribution in [-0.2, 0) is 28.8 Å². The van der Waals surface area contributed by atoms with Crippen LogP contribution in [0.25, 0.3) is 0 Å². The van der Waals surface area contributed by atoms with Gasteiger partial charge in [-0.15, -0.1) is 0 Å². The molecule has 0 aliphatic carbocycles. The van der Waals surface area contributed by atoms with E-state index in [1.165, 1.54) is 6.92 Å². The third-order valence-corrected chi connectivity index (χ3v) is 7.28. The van der Waals surface area contributed by atoms with E-state index in [0.29, 0.717) is 0 Å². The molecular weight excluding hydrogens is 478 g/mol. The zero-order valence-electron chi connectivity index (χ0n) is 20.1. The molecule has 3 aromatic carbocycles. The third-order valence-electron chi connectivity index (χ3n) is 6.80. The third kappa shape index (κ3) is 5.64. The first-order valence-corrected chi connectivity index (χ1v) is 12.5. The molecule has 6 atom stereocenters. The van der Waals surface area contributed by atoms with E-state index in [2.05, 4.69) is 5.32 Å². The summed E-state index contributed by atoms with van der Waals surface area (Å²) in [7, 11) is 0. The van der Waals surface area contributed by atoms with Gasteiger partial charge in [-0.05, 0) is 16.7 Å². The lowest BCUT2D eigenvalue weighted by atomic mass is 9.68. The Morgan fingerprint density at radius 2 is 1.31 bits per heavy atom. The highest BCUT2D eigenvalue weighted by Crippen LogP contribution is 2.43. The van der Waals surface area contributed by atoms with Crippen LogP contribution in [0.4, 0.5) is 0 Å². The van der Waals surface area contributed by atoms with Crippen LogP contribution in [0.1, 0.15) is 23.6 Å². The van der Waals surface area contributed by atoms with Crippen LogP contribution in [-0.4, -0.2) is 56.2 Å². The molecule has 4 rings (SSSR count). The molecule has 1 unspecified atom stereocenters. The second kappa shape index (κ2) is 11.1. The summed E-state index contributed by atoms with van der Waals surface area (Å²) in [6, 6.07) is 26.5. The van der Waals surface area contributed by atoms with Crippen LogP contribution >= 0.6 is 11.6 Å². The van der Waals surface area contributed by atoms with Crippen molar-refractivity contribution in [3.05, 3.63) is 108 Å². The van der Waals surface area contributed by atoms with E-state index in [4.69, 9.17) is 16.3 Å². The predicted octanol–water partition coefficient (Wildman–Crippen LogP) is 3.01. The largest absolute Gasteiger partial charge is 0.390 e. The lowest BCUT2D eigenvalue weighted by molar-refractivity contribution is -0.269. The number of carbonyl (C=O) groups is 1. The summed E-state index contributed by atoms with van der Waals surface area (Å²) < 4.78 is 6.07. The quantitative estimate of drug-likeness (QED) is 0.350. The van der Waals surface area contributed by atoms with E-state index in [9.17, 15) is 20.1 Å². The minimum atomic E-state index is -1.89. The molecule has 36 heavy (non-hydrogen) atoms. The fraction of sp³-hybridized carbons (Fsp3) is 0.345. The van der Waals surface area contributed by atoms with E-state index < -0.39 is 40.9 Å². The minimum absolute atomic E-state index is 0.00993. The predicted molar refractivity (Wildman–Crippen MR) is 138 cm³/mol. The van der Waals surface area contributed by atoms with Crippen LogP contribution in [0.5, 0.6) is 0 Å². The van der Waals surface area contributed by atoms with Gasteiger partial charge in [-0.3, -0.25) is 4.79 Å². The Bertz CT molecular complexity index is 1130. The van der Waals surface area contributed by atoms with Crippen LogP contribution in [0.3, 0.4) is 0 Å². The first-order valence-electron chi connectivity index (χ1n) is 12.0. The van der Waals surface area contributed by atoms with Crippen LogP contribution in [0, 0.1) is 0 Å². The summed E-state index contributed by atoms with van der Waals surface area (Å²) in [6.45, 7) is 1.32. The lowest BCUT2D eigenvalue weighted by Crippen LogP contribution is -2.78. The number of benzene rings is 3. The number of ether oxygens (including phenoxy) is 1. The van der Waals surface area contributed by atoms with Crippen LogP contribution in [0.15, 0.2) is 91.0 Å². The van der Waals surface area contributed by atoms with E-state index in [1.54, 1.807) is 0 Å². The van der Waals surface area contributed by atoms with Crippen molar-refractivity contribution in [2.75, 3.05) is 0 Å². The Kier molecular flexibility index (Phi) is 8.13. The van der Waals surface area contributed by atoms with Gasteiger partial charge in [-0.1, -0.05) is 103 Å². The second-order valence-corrected chi connectivity index (χ2v) is 9.97. The van der Waals surface area contributed by atoms with Crippen molar-refractivity contribution in [3.8, 4) is 0 Å². The Morgan fingerprint density at radius 3 is 1.78 bits per heavy atom. The average molecular weight is 510 g/mol. The minimum Gasteiger partial charge on any atom is -0.390 e. The van der Waals surface area contributed by atoms with Gasteiger partial charge in [-0.2, -0.15) is 0 Å². The number of hydrogen-bond acceptors (Lipinski definition) is 5. The molecule has 0 aromatic heterocycles. The van der Waals surface area contributed by atoms with Crippen LogP contribution in [0.2, 0.25) is 0 Å². The molecule has 1 aliphatic rings. The van der Waals surface area contributed by atoms with Gasteiger partial charge >= 0.3 is 0 Å². The number of carbonyl (C=O) groups excluding carboxylic acids is 1. The highest BCUT2D eigenvalue weighted by molar-refractivity contribution is 6.20. The molecule has 0 radical (unpaired) electrons. The van der Waals surface area contributed by atoms with E-state index in [1.807, 2.05) is 91.0 Å². The summed E-state index contributed by atoms with van der Waals surface area (Å²) in [5.41, 5.74) is -2.72. The zero-order chi connectivity index (χ0) is 25.8. The van der Waals surface area contributed by atoms with Gasteiger partial charge in [0.15, 0.2) is 5.56 Å². The standard InChI is InChI=1S/C29H32ClNO5/c1-20(32)31-26-28(34,18-22-13-7-3-8-14-22)25(24(33)17-21-11-5-2-6-12-21)36-27(30)29(26,35)19-23-15-9-4-10-16-23/h2-16,24-27,33-35H,17-19H2,1H3,(H,31,32)/t24?,25-,26-,27+,28-,29-/m1/s1. The van der Waals surface area contributed by atoms with Gasteiger partial charge in [0.2, 0.25) is 5.91 Å². The average Bonchev–Trinajstić information content (AvgIpc) is 2.86. The van der Waals surface area contributed by atoms with Gasteiger partial charge < -0.3 is 25.4 Å². The van der Waals surface area contributed by atoms with Gasteiger partial charge in [0.25, 0.3) is 0 Å². The van der Waals surface area contributed by atoms with Crippen molar-refractivity contribution in [2.45, 2.75) is 61.2 Å². The topological polar surface area (TPSA) is 99.0 Å². The van der Waals surface area contributed by atoms with Crippen molar-refractivity contribution >= 4 is 17.5 Å². The Labute approximate surface area is 216 Å². The Morgan fingerprint density at radius 1 is 0.861 bits per heavy atom. The highest BCUT2D eigenvalue weighted by Gasteiger charge is 2.63. The Balaban J connectivity index is 1.78. The normalized spacial score (nSPS) is 28.9. The smallest absolute Gasteiger partial charge is 0.217 e. The van der Waals surface area contributed by atoms with Gasteiger partial charge in [0, 0.05) is 26.2 Å². The molecule has 7 heteroatoms. The fourth-order valence-electron chi connectivity index (χ4n) is 5.16. The summed E-state index contributed by atoms with van der Waals surface area (Å²) in [4.78, 5) is 12.4. The van der Waals surface area contributed by atoms with Gasteiger partial charge in [-0.25, -0.2) is 0 Å². The number of amides is 1. The maximum absolute atomic E-state index is 12.4. The maximum Gasteiger partial charge on any atom is 0.217 e. The monoisotopic (exact) mass is 509 g/mol. The molecule has 190 valence electrons. The SMILES string of the molecule is CC(=O)N[C@H]1[C@](O)(Cc2ccccc2)[C@@H](Cl)O[C@H](C(O)Cc2ccccc2)[C@]1(O)Cc1ccccc1. The molecule has 4 N–H and O–H groups in total. The number of aliphatic hydroxyl groups excluding tert-OH is 1. The summed E-state index contributed by atoms with van der Waals surface area (Å²) in [6.07, 6.45) is -2.15. The van der Waals surface area contributed by atoms with Gasteiger partial charge in [0.05, 0.1) is 12.1 Å². The second-order valence-electron chi connectivity index (χ2n) is 9.57. The maximum atomic E-state index is 12.4. The molecule has 6 nitrogen and oxygen atoms in total.